The van der Waals surface area contributed by atoms with Crippen LogP contribution in [0.3, 0.4) is 0 Å². The summed E-state index contributed by atoms with van der Waals surface area (Å²) in [5.41, 5.74) is 0.995. The van der Waals surface area contributed by atoms with E-state index in [1.54, 1.807) is 0 Å². The van der Waals surface area contributed by atoms with E-state index >= 15 is 0 Å². The molecule has 2 aliphatic heterocycles. The van der Waals surface area contributed by atoms with Gasteiger partial charge in [0.2, 0.25) is 11.1 Å². The van der Waals surface area contributed by atoms with Gasteiger partial charge in [-0.25, -0.2) is 0 Å². The van der Waals surface area contributed by atoms with Gasteiger partial charge in [-0.15, -0.1) is 0 Å². The van der Waals surface area contributed by atoms with E-state index in [-0.39, 0.29) is 0 Å². The summed E-state index contributed by atoms with van der Waals surface area (Å²) in [6, 6.07) is 5.82. The molecule has 0 saturated carbocycles. The van der Waals surface area contributed by atoms with Gasteiger partial charge in [-0.2, -0.15) is 19.7 Å². The number of H-pyrrole nitrogens is 1. The van der Waals surface area contributed by atoms with E-state index in [0.717, 1.165) is 36.0 Å². The predicted molar refractivity (Wildman–Crippen MR) is 96.9 cm³/mol. The summed E-state index contributed by atoms with van der Waals surface area (Å²) in [4.78, 5) is 7.06. The topological polar surface area (TPSA) is 106 Å². The third-order valence-electron chi connectivity index (χ3n) is 5.07. The standard InChI is InChI=1S/C16H22N8S/c1-10-7-14(22-21-10)19-15-20-16(25-23-15)18-11-8-12-3-4-13(9-11)24(12)6-2-5-17/h7,11-13H,2-4,6,8-9H2,1H3,(H3,18,19,20,21,22,23)/t11-,12-,13+. The van der Waals surface area contributed by atoms with Crippen molar-refractivity contribution in [3.8, 4) is 6.07 Å². The molecule has 25 heavy (non-hydrogen) atoms. The van der Waals surface area contributed by atoms with Crippen LogP contribution in [-0.4, -0.2) is 49.1 Å². The molecule has 9 heteroatoms. The number of fused-ring (bicyclic) bond motifs is 2. The zero-order valence-corrected chi connectivity index (χ0v) is 15.0. The number of aromatic nitrogens is 4. The molecule has 0 aromatic carbocycles. The van der Waals surface area contributed by atoms with Crippen LogP contribution in [0.2, 0.25) is 0 Å². The van der Waals surface area contributed by atoms with Crippen LogP contribution in [0.1, 0.15) is 37.8 Å². The van der Waals surface area contributed by atoms with E-state index in [9.17, 15) is 0 Å². The first-order valence-corrected chi connectivity index (χ1v) is 9.50. The molecule has 132 valence electrons. The molecule has 0 spiro atoms. The van der Waals surface area contributed by atoms with Crippen LogP contribution in [-0.2, 0) is 0 Å². The Balaban J connectivity index is 1.34. The minimum absolute atomic E-state index is 0.435. The third-order valence-corrected chi connectivity index (χ3v) is 5.71. The van der Waals surface area contributed by atoms with Gasteiger partial charge in [-0.05, 0) is 32.6 Å². The molecule has 3 N–H and O–H groups in total. The van der Waals surface area contributed by atoms with Gasteiger partial charge in [0.1, 0.15) is 0 Å². The number of anilines is 3. The number of rotatable bonds is 6. The van der Waals surface area contributed by atoms with E-state index in [1.165, 1.54) is 24.4 Å². The average Bonchev–Trinajstić information content (AvgIpc) is 3.26. The minimum atomic E-state index is 0.435. The Kier molecular flexibility index (Phi) is 4.55. The maximum atomic E-state index is 8.83. The second-order valence-electron chi connectivity index (χ2n) is 6.83. The Bertz CT molecular complexity index is 748. The Morgan fingerprint density at radius 1 is 1.40 bits per heavy atom. The van der Waals surface area contributed by atoms with Crippen LogP contribution in [0, 0.1) is 18.3 Å². The van der Waals surface area contributed by atoms with Crippen molar-refractivity contribution < 1.29 is 0 Å². The molecule has 0 unspecified atom stereocenters. The fourth-order valence-corrected chi connectivity index (χ4v) is 4.65. The van der Waals surface area contributed by atoms with Gasteiger partial charge in [0.25, 0.3) is 0 Å². The lowest BCUT2D eigenvalue weighted by Crippen LogP contribution is -2.47. The zero-order valence-electron chi connectivity index (χ0n) is 14.2. The van der Waals surface area contributed by atoms with Gasteiger partial charge in [0.15, 0.2) is 5.82 Å². The largest absolute Gasteiger partial charge is 0.357 e. The number of piperidine rings is 1. The van der Waals surface area contributed by atoms with Crippen LogP contribution < -0.4 is 10.6 Å². The smallest absolute Gasteiger partial charge is 0.242 e. The van der Waals surface area contributed by atoms with Gasteiger partial charge in [-0.1, -0.05) is 0 Å². The second-order valence-corrected chi connectivity index (χ2v) is 7.58. The highest BCUT2D eigenvalue weighted by Crippen LogP contribution is 2.37. The summed E-state index contributed by atoms with van der Waals surface area (Å²) in [7, 11) is 0. The highest BCUT2D eigenvalue weighted by atomic mass is 32.1. The van der Waals surface area contributed by atoms with Crippen molar-refractivity contribution in [1.29, 1.82) is 5.26 Å². The Labute approximate surface area is 150 Å². The van der Waals surface area contributed by atoms with Crippen LogP contribution in [0.5, 0.6) is 0 Å². The molecule has 2 aliphatic rings. The molecule has 2 saturated heterocycles. The van der Waals surface area contributed by atoms with Crippen LogP contribution in [0.25, 0.3) is 0 Å². The van der Waals surface area contributed by atoms with Crippen molar-refractivity contribution in [3.63, 3.8) is 0 Å². The number of nitrogens with one attached hydrogen (secondary N) is 3. The van der Waals surface area contributed by atoms with E-state index in [4.69, 9.17) is 5.26 Å². The molecule has 0 aliphatic carbocycles. The van der Waals surface area contributed by atoms with Crippen molar-refractivity contribution in [2.24, 2.45) is 0 Å². The van der Waals surface area contributed by atoms with E-state index in [2.05, 4.69) is 41.2 Å². The normalized spacial score (nSPS) is 25.7. The summed E-state index contributed by atoms with van der Waals surface area (Å²) < 4.78 is 4.35. The fourth-order valence-electron chi connectivity index (χ4n) is 4.04. The molecular weight excluding hydrogens is 336 g/mol. The van der Waals surface area contributed by atoms with Gasteiger partial charge < -0.3 is 10.6 Å². The number of hydrogen-bond acceptors (Lipinski definition) is 8. The first kappa shape index (κ1) is 16.3. The second kappa shape index (κ2) is 6.98. The summed E-state index contributed by atoms with van der Waals surface area (Å²) in [5, 5.41) is 23.4. The fraction of sp³-hybridized carbons (Fsp3) is 0.625. The molecule has 8 nitrogen and oxygen atoms in total. The van der Waals surface area contributed by atoms with Crippen molar-refractivity contribution in [3.05, 3.63) is 11.8 Å². The van der Waals surface area contributed by atoms with Crippen molar-refractivity contribution in [2.75, 3.05) is 17.2 Å². The van der Waals surface area contributed by atoms with E-state index in [0.29, 0.717) is 30.5 Å². The van der Waals surface area contributed by atoms with E-state index in [1.807, 2.05) is 13.0 Å². The van der Waals surface area contributed by atoms with Crippen LogP contribution in [0.4, 0.5) is 16.9 Å². The molecule has 0 radical (unpaired) electrons. The molecule has 2 fully saturated rings. The number of hydrogen-bond donors (Lipinski definition) is 3. The Morgan fingerprint density at radius 2 is 2.20 bits per heavy atom. The zero-order chi connectivity index (χ0) is 17.2. The maximum Gasteiger partial charge on any atom is 0.242 e. The maximum absolute atomic E-state index is 8.83. The molecule has 2 aromatic rings. The third kappa shape index (κ3) is 3.60. The van der Waals surface area contributed by atoms with Crippen molar-refractivity contribution in [1.82, 2.24) is 24.5 Å². The quantitative estimate of drug-likeness (QED) is 0.729. The molecular formula is C16H22N8S. The van der Waals surface area contributed by atoms with E-state index < -0.39 is 0 Å². The number of nitrogens with zero attached hydrogens (tertiary/aromatic N) is 5. The highest BCUT2D eigenvalue weighted by molar-refractivity contribution is 7.09. The summed E-state index contributed by atoms with van der Waals surface area (Å²) in [5.74, 6) is 1.30. The van der Waals surface area contributed by atoms with Crippen molar-refractivity contribution in [2.45, 2.75) is 57.2 Å². The predicted octanol–water partition coefficient (Wildman–Crippen LogP) is 2.63. The van der Waals surface area contributed by atoms with Gasteiger partial charge >= 0.3 is 0 Å². The molecule has 4 rings (SSSR count). The lowest BCUT2D eigenvalue weighted by molar-refractivity contribution is 0.136. The molecule has 0 amide bonds. The minimum Gasteiger partial charge on any atom is -0.357 e. The molecule has 2 aromatic heterocycles. The number of nitriles is 1. The monoisotopic (exact) mass is 358 g/mol. The summed E-state index contributed by atoms with van der Waals surface area (Å²) >= 11 is 1.38. The lowest BCUT2D eigenvalue weighted by Gasteiger charge is -2.38. The Hall–Kier alpha value is -2.18. The van der Waals surface area contributed by atoms with Gasteiger partial charge in [0.05, 0.1) is 6.07 Å². The van der Waals surface area contributed by atoms with Crippen LogP contribution in [0.15, 0.2) is 6.07 Å². The molecule has 4 heterocycles. The lowest BCUT2D eigenvalue weighted by atomic mass is 9.97. The SMILES string of the molecule is Cc1cc(Nc2nsc(N[C@@H]3C[C@H]4CC[C@@H](C3)N4CCC#N)n2)n[nH]1. The molecule has 3 atom stereocenters. The average molecular weight is 358 g/mol. The summed E-state index contributed by atoms with van der Waals surface area (Å²) in [6.45, 7) is 2.87. The number of aryl methyl sites for hydroxylation is 1. The highest BCUT2D eigenvalue weighted by Gasteiger charge is 2.40. The number of aromatic amines is 1. The van der Waals surface area contributed by atoms with Crippen molar-refractivity contribution >= 4 is 28.4 Å². The van der Waals surface area contributed by atoms with Crippen LogP contribution >= 0.6 is 11.5 Å². The van der Waals surface area contributed by atoms with Gasteiger partial charge in [-0.3, -0.25) is 10.00 Å². The molecule has 2 bridgehead atoms. The Morgan fingerprint density at radius 3 is 2.88 bits per heavy atom. The summed E-state index contributed by atoms with van der Waals surface area (Å²) in [6.07, 6.45) is 5.35. The first-order valence-electron chi connectivity index (χ1n) is 8.73. The van der Waals surface area contributed by atoms with Gasteiger partial charge in [0, 0.05) is 54.4 Å². The first-order chi connectivity index (χ1) is 12.2.